The average molecular weight is 1810 g/mol. The first-order chi connectivity index (χ1) is 60.9. The third kappa shape index (κ3) is 18.5. The van der Waals surface area contributed by atoms with Crippen LogP contribution in [0.15, 0.2) is 455 Å². The van der Waals surface area contributed by atoms with Crippen LogP contribution in [-0.4, -0.2) is 31.6 Å². The van der Waals surface area contributed by atoms with Gasteiger partial charge in [0.25, 0.3) is 0 Å². The molecule has 22 rings (SSSR count). The molecule has 0 aliphatic carbocycles. The SMILES string of the molecule is Cc1cc(-c2[c-]cccc2)ncc1-c1ccccc1.[2H]N=P.[AlH][O]c1cccc2cccnc12.[Ir].[c-]1ccccc1-c1ccccn1.c1ccc(N(c2ccc(-c3ccc(N(c4ccccc4)c4cccc5ccccc45)cc3)cc2)c2cccc3ccccc23)cc1.c1ccc2c(c1)sc1c(-c3ccc4c5ccccc5c5ccccc5c4c3)cccc12. The fourth-order valence-electron chi connectivity index (χ4n) is 15.9. The van der Waals surface area contributed by atoms with Crippen molar-refractivity contribution in [2.75, 3.05) is 9.80 Å². The molecule has 0 saturated carbocycles. The van der Waals surface area contributed by atoms with Crippen LogP contribution in [0, 0.1) is 24.2 Å². The van der Waals surface area contributed by atoms with E-state index in [1.807, 2.05) is 133 Å². The number of thiophene rings is 1. The normalized spacial score (nSPS) is 10.8. The van der Waals surface area contributed by atoms with Crippen molar-refractivity contribution in [2.24, 2.45) is 0 Å². The predicted octanol–water partition coefficient (Wildman–Crippen LogP) is 31.2. The van der Waals surface area contributed by atoms with Crippen molar-refractivity contribution in [3.8, 4) is 61.6 Å². The van der Waals surface area contributed by atoms with Gasteiger partial charge in [-0.25, -0.2) is 0 Å². The molecule has 7 nitrogen and oxygen atoms in total. The Balaban J connectivity index is 0.000000125. The summed E-state index contributed by atoms with van der Waals surface area (Å²) in [7, 11) is 2.48. The smallest absolute Gasteiger partial charge is 0.494 e. The summed E-state index contributed by atoms with van der Waals surface area (Å²) < 4.78 is 13.7. The Bertz CT molecular complexity index is 7100. The topological polar surface area (TPSA) is 78.2 Å². The molecule has 4 aromatic heterocycles. The molecule has 123 heavy (non-hydrogen) atoms. The molecule has 2 radical (unpaired) electrons. The van der Waals surface area contributed by atoms with Crippen LogP contribution >= 0.6 is 20.4 Å². The summed E-state index contributed by atoms with van der Waals surface area (Å²) >= 11 is 3.36. The van der Waals surface area contributed by atoms with Crippen molar-refractivity contribution in [1.29, 1.82) is 5.15 Å². The van der Waals surface area contributed by atoms with Gasteiger partial charge in [-0.2, -0.15) is 0 Å². The van der Waals surface area contributed by atoms with Crippen molar-refractivity contribution in [3.05, 3.63) is 473 Å². The van der Waals surface area contributed by atoms with Gasteiger partial charge in [-0.3, -0.25) is 10.1 Å². The average Bonchev–Trinajstić information content (AvgIpc) is 1.16. The van der Waals surface area contributed by atoms with Gasteiger partial charge in [-0.05, 0) is 195 Å². The molecule has 0 fully saturated rings. The van der Waals surface area contributed by atoms with Crippen LogP contribution in [0.2, 0.25) is 1.41 Å². The quantitative estimate of drug-likeness (QED) is 0.0568. The molecule has 22 aromatic rings. The molecular formula is C112H81AlIrN6OPS-2. The number of hydrogen-bond acceptors (Lipinski definition) is 8. The number of para-hydroxylation sites is 3. The van der Waals surface area contributed by atoms with E-state index in [4.69, 9.17) is 5.20 Å². The number of nitrogens with one attached hydrogen (secondary N) is 1. The van der Waals surface area contributed by atoms with Crippen LogP contribution in [0.25, 0.3) is 141 Å². The zero-order chi connectivity index (χ0) is 83.5. The van der Waals surface area contributed by atoms with Gasteiger partial charge < -0.3 is 23.6 Å². The minimum absolute atomic E-state index is 0. The molecule has 0 amide bonds. The molecule has 0 bridgehead atoms. The maximum absolute atomic E-state index is 5.75. The molecule has 0 unspecified atom stereocenters. The number of rotatable bonds is 12. The zero-order valence-electron chi connectivity index (χ0n) is 68.3. The maximum Gasteiger partial charge on any atom is 0.494 e. The predicted molar refractivity (Wildman–Crippen MR) is 521 cm³/mol. The van der Waals surface area contributed by atoms with Crippen LogP contribution in [0.4, 0.5) is 34.1 Å². The van der Waals surface area contributed by atoms with Gasteiger partial charge in [0, 0.05) is 103 Å². The largest absolute Gasteiger partial charge is 0.649 e. The molecule has 0 aliphatic heterocycles. The van der Waals surface area contributed by atoms with Gasteiger partial charge in [0.05, 0.1) is 11.4 Å². The van der Waals surface area contributed by atoms with E-state index in [0.717, 1.165) is 73.3 Å². The monoisotopic (exact) mass is 1810 g/mol. The molecule has 18 aromatic carbocycles. The number of pyridine rings is 3. The van der Waals surface area contributed by atoms with Crippen LogP contribution in [0.1, 0.15) is 5.56 Å². The standard InChI is InChI=1S/C44H32N2.C30H18S.C18H14N.C11H8N.C9H7NO.Al.Ir.H2NP.H/c1-3-17-37(18-4-1)45(43-23-11-15-35-13-7-9-21-41(35)43)39-29-25-33(26-30-39)34-27-31-40(32-28-34)46(38-19-5-2-6-20-38)44-24-12-16-36-14-8-10-22-42(36)44;1-2-10-23-21(8-1)22-9-3-4-11-24(22)28-18-19(16-17-25(23)28)20-13-7-14-27-26-12-5-6-15-29(26)31-30(20)27;1-14-12-18(16-10-6-3-7-11-16)19-13-17(14)15-8-4-2-5-9-15;1-2-6-10(7-3-1)11-8-4-5-9-12-11;11-8-5-1-3-7-4-2-6-10-9(7)8;;;1-2;/h1-32H;1-18H;2-10,12-13H,1H3;1-6,8-9H;1-6,11H;;;1-2H;/q;;2*-1;;+1;;;/p-1/i/hD. The zero-order valence-corrected chi connectivity index (χ0v) is 73.0. The molecular weight excluding hydrogens is 1730 g/mol. The summed E-state index contributed by atoms with van der Waals surface area (Å²) in [5, 5.41) is 19.2. The molecule has 0 saturated heterocycles. The van der Waals surface area contributed by atoms with E-state index in [0.29, 0.717) is 0 Å². The number of benzene rings is 18. The summed E-state index contributed by atoms with van der Waals surface area (Å²) in [6.07, 6.45) is 5.50. The van der Waals surface area contributed by atoms with Crippen LogP contribution in [0.3, 0.4) is 0 Å². The maximum atomic E-state index is 5.75. The van der Waals surface area contributed by atoms with Crippen molar-refractivity contribution < 1.29 is 25.3 Å². The number of anilines is 6. The fraction of sp³-hybridized carbons (Fsp3) is 0.00893. The molecule has 590 valence electrons. The summed E-state index contributed by atoms with van der Waals surface area (Å²) in [4.78, 5) is 17.7. The Labute approximate surface area is 746 Å². The summed E-state index contributed by atoms with van der Waals surface area (Å²) in [6.45, 7) is 2.12. The van der Waals surface area contributed by atoms with Gasteiger partial charge in [0.2, 0.25) is 0 Å². The first kappa shape index (κ1) is 81.2. The van der Waals surface area contributed by atoms with Gasteiger partial charge in [-0.15, -0.1) is 83.1 Å². The molecule has 0 atom stereocenters. The van der Waals surface area contributed by atoms with Crippen molar-refractivity contribution in [2.45, 2.75) is 6.92 Å². The van der Waals surface area contributed by atoms with Crippen LogP contribution in [0.5, 0.6) is 5.75 Å². The first-order valence-corrected chi connectivity index (χ1v) is 42.2. The first-order valence-electron chi connectivity index (χ1n) is 40.8. The Morgan fingerprint density at radius 2 is 0.772 bits per heavy atom. The van der Waals surface area contributed by atoms with E-state index in [-0.39, 0.29) is 20.1 Å². The Morgan fingerprint density at radius 3 is 1.32 bits per heavy atom. The van der Waals surface area contributed by atoms with Gasteiger partial charge >= 0.3 is 16.6 Å². The van der Waals surface area contributed by atoms with Crippen molar-refractivity contribution in [1.82, 2.24) is 15.0 Å². The van der Waals surface area contributed by atoms with E-state index in [9.17, 15) is 0 Å². The molecule has 11 heteroatoms. The summed E-state index contributed by atoms with van der Waals surface area (Å²) in [6, 6.07) is 159. The van der Waals surface area contributed by atoms with Gasteiger partial charge in [0.1, 0.15) is 11.3 Å². The minimum atomic E-state index is 0. The summed E-state index contributed by atoms with van der Waals surface area (Å²) in [5.41, 5.74) is 20.3. The van der Waals surface area contributed by atoms with E-state index in [1.165, 1.54) is 130 Å². The minimum Gasteiger partial charge on any atom is -0.649 e. The van der Waals surface area contributed by atoms with Crippen LogP contribution in [-0.2, 0) is 20.1 Å². The van der Waals surface area contributed by atoms with E-state index < -0.39 is 0 Å². The third-order valence-electron chi connectivity index (χ3n) is 21.7. The Morgan fingerprint density at radius 1 is 0.341 bits per heavy atom. The molecule has 1 N–H and O–H groups in total. The van der Waals surface area contributed by atoms with Crippen molar-refractivity contribution in [3.63, 3.8) is 0 Å². The third-order valence-corrected chi connectivity index (χ3v) is 23.2. The Kier molecular flexibility index (Phi) is 26.3. The van der Waals surface area contributed by atoms with E-state index >= 15 is 0 Å². The summed E-state index contributed by atoms with van der Waals surface area (Å²) in [5.74, 6) is 0.839. The second kappa shape index (κ2) is 39.8. The number of fused-ring (bicyclic) bond motifs is 12. The second-order valence-electron chi connectivity index (χ2n) is 29.1. The molecule has 0 aliphatic rings. The Hall–Kier alpha value is -14.1. The van der Waals surface area contributed by atoms with Crippen molar-refractivity contribution >= 4 is 156 Å². The number of nitrogens with zero attached hydrogens (tertiary/aromatic N) is 5. The fourth-order valence-corrected chi connectivity index (χ4v) is 17.4. The number of aryl methyl sites for hydroxylation is 1. The molecule has 0 spiro atoms. The van der Waals surface area contributed by atoms with Gasteiger partial charge in [0.15, 0.2) is 1.41 Å². The van der Waals surface area contributed by atoms with E-state index in [2.05, 4.69) is 380 Å². The van der Waals surface area contributed by atoms with Crippen LogP contribution < -0.4 is 13.6 Å². The number of hydrogen-bond donors (Lipinski definition) is 1. The second-order valence-corrected chi connectivity index (χ2v) is 30.4. The molecule has 4 heterocycles. The van der Waals surface area contributed by atoms with E-state index in [1.54, 1.807) is 12.4 Å². The van der Waals surface area contributed by atoms with Gasteiger partial charge in [-0.1, -0.05) is 297 Å². The number of aromatic nitrogens is 3.